The summed E-state index contributed by atoms with van der Waals surface area (Å²) in [6.07, 6.45) is 19.5. The number of rotatable bonds is 7. The fourth-order valence-electron chi connectivity index (χ4n) is 9.56. The van der Waals surface area contributed by atoms with Crippen molar-refractivity contribution in [2.24, 2.45) is 57.2 Å². The van der Waals surface area contributed by atoms with Gasteiger partial charge in [0, 0.05) is 11.9 Å². The molecule has 0 aromatic heterocycles. The monoisotopic (exact) mass is 497 g/mol. The second-order valence-electron chi connectivity index (χ2n) is 13.2. The van der Waals surface area contributed by atoms with E-state index in [0.29, 0.717) is 10.8 Å². The summed E-state index contributed by atoms with van der Waals surface area (Å²) in [5.41, 5.74) is 3.93. The van der Waals surface area contributed by atoms with Crippen LogP contribution in [0, 0.1) is 52.3 Å². The largest absolute Gasteiger partial charge is 0.261 e. The third kappa shape index (κ3) is 6.07. The zero-order valence-electron chi connectivity index (χ0n) is 26.1. The third-order valence-corrected chi connectivity index (χ3v) is 11.3. The second kappa shape index (κ2) is 13.8. The summed E-state index contributed by atoms with van der Waals surface area (Å²) in [5.74, 6) is 6.44. The van der Waals surface area contributed by atoms with Crippen molar-refractivity contribution in [1.82, 2.24) is 0 Å². The summed E-state index contributed by atoms with van der Waals surface area (Å²) in [6.45, 7) is 27.0. The molecule has 3 fully saturated rings. The number of aliphatic imine (C=N–C) groups is 1. The van der Waals surface area contributed by atoms with Crippen LogP contribution in [0.2, 0.25) is 0 Å². The first-order valence-electron chi connectivity index (χ1n) is 16.1. The van der Waals surface area contributed by atoms with Crippen LogP contribution in [-0.4, -0.2) is 6.21 Å². The van der Waals surface area contributed by atoms with E-state index in [2.05, 4.69) is 48.1 Å². The number of allylic oxidation sites excluding steroid dienone is 3. The van der Waals surface area contributed by atoms with Gasteiger partial charge in [0.25, 0.3) is 0 Å². The van der Waals surface area contributed by atoms with Crippen molar-refractivity contribution in [2.45, 2.75) is 140 Å². The Bertz CT molecular complexity index is 744. The second-order valence-corrected chi connectivity index (χ2v) is 13.2. The Labute approximate surface area is 227 Å². The van der Waals surface area contributed by atoms with Gasteiger partial charge in [-0.15, -0.1) is 0 Å². The van der Waals surface area contributed by atoms with E-state index in [1.807, 2.05) is 40.0 Å². The molecule has 0 aromatic rings. The van der Waals surface area contributed by atoms with Gasteiger partial charge in [-0.25, -0.2) is 0 Å². The molecule has 36 heavy (non-hydrogen) atoms. The highest BCUT2D eigenvalue weighted by atomic mass is 14.8. The highest BCUT2D eigenvalue weighted by Gasteiger charge is 2.63. The Morgan fingerprint density at radius 2 is 1.72 bits per heavy atom. The molecule has 0 amide bonds. The molecule has 4 rings (SSSR count). The van der Waals surface area contributed by atoms with Crippen molar-refractivity contribution < 1.29 is 0 Å². The minimum Gasteiger partial charge on any atom is -0.261 e. The zero-order valence-corrected chi connectivity index (χ0v) is 26.1. The molecule has 0 aromatic carbocycles. The first-order chi connectivity index (χ1) is 17.2. The molecule has 4 aliphatic rings. The topological polar surface area (TPSA) is 12.4 Å². The molecule has 0 spiro atoms. The van der Waals surface area contributed by atoms with Gasteiger partial charge in [-0.05, 0) is 104 Å². The molecule has 8 unspecified atom stereocenters. The number of hydrogen-bond donors (Lipinski definition) is 0. The zero-order chi connectivity index (χ0) is 27.1. The molecule has 0 radical (unpaired) electrons. The maximum Gasteiger partial charge on any atom is 0.0396 e. The van der Waals surface area contributed by atoms with Gasteiger partial charge in [0.1, 0.15) is 0 Å². The van der Waals surface area contributed by atoms with Crippen molar-refractivity contribution in [2.75, 3.05) is 0 Å². The predicted octanol–water partition coefficient (Wildman–Crippen LogP) is 11.3. The van der Waals surface area contributed by atoms with Crippen LogP contribution in [0.25, 0.3) is 0 Å². The fraction of sp³-hybridized carbons (Fsp3) is 0.857. The Morgan fingerprint density at radius 1 is 1.03 bits per heavy atom. The van der Waals surface area contributed by atoms with Crippen molar-refractivity contribution in [1.29, 1.82) is 0 Å². The predicted molar refractivity (Wildman–Crippen MR) is 163 cm³/mol. The highest BCUT2D eigenvalue weighted by Crippen LogP contribution is 2.71. The summed E-state index contributed by atoms with van der Waals surface area (Å²) >= 11 is 0. The van der Waals surface area contributed by atoms with Crippen LogP contribution in [0.1, 0.15) is 140 Å². The van der Waals surface area contributed by atoms with Crippen molar-refractivity contribution in [3.8, 4) is 0 Å². The Balaban J connectivity index is 0.00000109. The van der Waals surface area contributed by atoms with E-state index >= 15 is 0 Å². The smallest absolute Gasteiger partial charge is 0.0396 e. The number of nitrogens with zero attached hydrogens (tertiary/aromatic N) is 1. The van der Waals surface area contributed by atoms with Gasteiger partial charge in [-0.3, -0.25) is 4.99 Å². The minimum atomic E-state index is 0.471. The average Bonchev–Trinajstić information content (AvgIpc) is 3.29. The summed E-state index contributed by atoms with van der Waals surface area (Å²) in [6, 6.07) is 0. The minimum absolute atomic E-state index is 0.471. The summed E-state index contributed by atoms with van der Waals surface area (Å²) in [5, 5.41) is 0. The molecule has 208 valence electrons. The van der Waals surface area contributed by atoms with Crippen LogP contribution in [0.15, 0.2) is 28.9 Å². The Kier molecular flexibility index (Phi) is 12.0. The van der Waals surface area contributed by atoms with E-state index in [1.165, 1.54) is 76.3 Å². The van der Waals surface area contributed by atoms with Crippen molar-refractivity contribution >= 4 is 6.21 Å². The van der Waals surface area contributed by atoms with Crippen LogP contribution in [-0.2, 0) is 0 Å². The van der Waals surface area contributed by atoms with Crippen LogP contribution < -0.4 is 0 Å². The van der Waals surface area contributed by atoms with Gasteiger partial charge in [-0.2, -0.15) is 0 Å². The lowest BCUT2D eigenvalue weighted by atomic mass is 9.39. The molecule has 0 bridgehead atoms. The van der Waals surface area contributed by atoms with E-state index in [0.717, 1.165) is 41.4 Å². The molecule has 1 heteroatoms. The van der Waals surface area contributed by atoms with Gasteiger partial charge < -0.3 is 0 Å². The first kappa shape index (κ1) is 31.4. The highest BCUT2D eigenvalue weighted by molar-refractivity contribution is 5.71. The SMILES string of the molecule is C=CC=NC1=C(C)CC2(C)C(C1)CC(C)C1(C)C3CCC(CCCCC(C)C)C3CCC21.CC.CC. The number of hydrogen-bond acceptors (Lipinski definition) is 1. The summed E-state index contributed by atoms with van der Waals surface area (Å²) < 4.78 is 0. The molecule has 4 aliphatic carbocycles. The van der Waals surface area contributed by atoms with Gasteiger partial charge >= 0.3 is 0 Å². The van der Waals surface area contributed by atoms with E-state index in [1.54, 1.807) is 5.57 Å². The molecule has 0 aliphatic heterocycles. The summed E-state index contributed by atoms with van der Waals surface area (Å²) in [7, 11) is 0. The van der Waals surface area contributed by atoms with Gasteiger partial charge in [0.05, 0.1) is 0 Å². The lowest BCUT2D eigenvalue weighted by Crippen LogP contribution is -2.59. The van der Waals surface area contributed by atoms with Crippen LogP contribution in [0.4, 0.5) is 0 Å². The average molecular weight is 498 g/mol. The van der Waals surface area contributed by atoms with E-state index < -0.39 is 0 Å². The van der Waals surface area contributed by atoms with Crippen molar-refractivity contribution in [3.63, 3.8) is 0 Å². The Hall–Kier alpha value is -0.850. The molecule has 0 heterocycles. The maximum atomic E-state index is 4.80. The van der Waals surface area contributed by atoms with E-state index in [4.69, 9.17) is 4.99 Å². The lowest BCUT2D eigenvalue weighted by Gasteiger charge is -2.66. The number of fused-ring (bicyclic) bond motifs is 5. The first-order valence-corrected chi connectivity index (χ1v) is 16.1. The molecule has 0 N–H and O–H groups in total. The lowest BCUT2D eigenvalue weighted by molar-refractivity contribution is -0.162. The van der Waals surface area contributed by atoms with Gasteiger partial charge in [-0.1, -0.05) is 106 Å². The Morgan fingerprint density at radius 3 is 2.36 bits per heavy atom. The van der Waals surface area contributed by atoms with Crippen molar-refractivity contribution in [3.05, 3.63) is 23.9 Å². The molecular formula is C35H63N. The quantitative estimate of drug-likeness (QED) is 0.245. The summed E-state index contributed by atoms with van der Waals surface area (Å²) in [4.78, 5) is 4.80. The normalized spacial score (nSPS) is 39.4. The van der Waals surface area contributed by atoms with Crippen LogP contribution >= 0.6 is 0 Å². The van der Waals surface area contributed by atoms with Gasteiger partial charge in [0.15, 0.2) is 0 Å². The standard InChI is InChI=1S/C31H51N.2C2H6/c1-8-17-32-28-19-25-18-23(5)31(7)27-15-13-24(12-10-9-11-21(2)3)26(27)14-16-29(31)30(25,6)20-22(28)4;2*1-2/h8,17,21,23-27,29H,1,9-16,18-20H2,2-7H3;2*1-2H3. The van der Waals surface area contributed by atoms with Gasteiger partial charge in [0.2, 0.25) is 0 Å². The van der Waals surface area contributed by atoms with E-state index in [-0.39, 0.29) is 0 Å². The molecule has 0 saturated heterocycles. The number of unbranched alkanes of at least 4 members (excludes halogenated alkanes) is 1. The molecule has 1 nitrogen and oxygen atoms in total. The molecule has 8 atom stereocenters. The maximum absolute atomic E-state index is 4.80. The third-order valence-electron chi connectivity index (χ3n) is 11.3. The molecule has 3 saturated carbocycles. The van der Waals surface area contributed by atoms with Crippen LogP contribution in [0.5, 0.6) is 0 Å². The molecular weight excluding hydrogens is 434 g/mol. The van der Waals surface area contributed by atoms with E-state index in [9.17, 15) is 0 Å². The van der Waals surface area contributed by atoms with Crippen LogP contribution in [0.3, 0.4) is 0 Å². The fourth-order valence-corrected chi connectivity index (χ4v) is 9.56.